The van der Waals surface area contributed by atoms with E-state index in [1.165, 1.54) is 0 Å². The molecule has 3 atom stereocenters. The number of amides is 1. The van der Waals surface area contributed by atoms with Crippen LogP contribution in [-0.4, -0.2) is 54.7 Å². The summed E-state index contributed by atoms with van der Waals surface area (Å²) in [6.07, 6.45) is 11.5. The van der Waals surface area contributed by atoms with Crippen LogP contribution in [-0.2, 0) is 4.79 Å². The summed E-state index contributed by atoms with van der Waals surface area (Å²) < 4.78 is 3.84. The highest BCUT2D eigenvalue weighted by Crippen LogP contribution is 2.27. The molecule has 5 rings (SSSR count). The van der Waals surface area contributed by atoms with Crippen molar-refractivity contribution in [3.8, 4) is 0 Å². The van der Waals surface area contributed by atoms with E-state index < -0.39 is 0 Å². The number of aromatic nitrogens is 5. The Kier molecular flexibility index (Phi) is 5.92. The Morgan fingerprint density at radius 3 is 2.85 bits per heavy atom. The number of nitrogens with two attached hydrogens (primary N) is 1. The molecule has 0 radical (unpaired) electrons. The summed E-state index contributed by atoms with van der Waals surface area (Å²) in [6.45, 7) is 4.96. The number of rotatable bonds is 6. The van der Waals surface area contributed by atoms with Crippen molar-refractivity contribution in [2.75, 3.05) is 16.8 Å². The molecular weight excluding hydrogens is 418 g/mol. The standard InChI is InChI=1S/C23H33N9O/c1-15(2)30-13-20(25-14-30)27-21-18-9-6-12-32(18)29-23(28-21)31-11-5-10-19(31)22(33)26-17-8-4-3-7-16(17)24/h6,9,12-17,19H,3-5,7-8,10-11,24H2,1-2H3,(H,26,33)(H,27,28,29)/t16-,17-,19+/m1/s1. The zero-order valence-electron chi connectivity index (χ0n) is 19.3. The first kappa shape index (κ1) is 21.7. The Morgan fingerprint density at radius 2 is 2.06 bits per heavy atom. The third-order valence-corrected chi connectivity index (χ3v) is 6.78. The van der Waals surface area contributed by atoms with Crippen molar-refractivity contribution in [3.05, 3.63) is 30.9 Å². The van der Waals surface area contributed by atoms with Crippen molar-refractivity contribution in [2.24, 2.45) is 5.73 Å². The summed E-state index contributed by atoms with van der Waals surface area (Å²) >= 11 is 0. The van der Waals surface area contributed by atoms with Gasteiger partial charge in [0.25, 0.3) is 0 Å². The minimum atomic E-state index is -0.292. The molecule has 4 N–H and O–H groups in total. The van der Waals surface area contributed by atoms with Gasteiger partial charge in [0.2, 0.25) is 11.9 Å². The second-order valence-corrected chi connectivity index (χ2v) is 9.44. The second-order valence-electron chi connectivity index (χ2n) is 9.44. The molecule has 2 fully saturated rings. The van der Waals surface area contributed by atoms with E-state index in [9.17, 15) is 4.79 Å². The lowest BCUT2D eigenvalue weighted by Crippen LogP contribution is -2.54. The Hall–Kier alpha value is -3.14. The fraction of sp³-hybridized carbons (Fsp3) is 0.565. The van der Waals surface area contributed by atoms with Gasteiger partial charge in [-0.3, -0.25) is 4.79 Å². The maximum absolute atomic E-state index is 13.2. The first-order chi connectivity index (χ1) is 16.0. The Balaban J connectivity index is 1.39. The molecule has 0 unspecified atom stereocenters. The van der Waals surface area contributed by atoms with Gasteiger partial charge in [0.1, 0.15) is 17.4 Å². The Bertz CT molecular complexity index is 1120. The average Bonchev–Trinajstić information content (AvgIpc) is 3.55. The minimum Gasteiger partial charge on any atom is -0.350 e. The fourth-order valence-corrected chi connectivity index (χ4v) is 4.84. The SMILES string of the molecule is CC(C)n1cnc(Nc2nc(N3CCC[C@H]3C(=O)N[C@@H]3CCCC[C@H]3N)nn3cccc23)c1. The Labute approximate surface area is 193 Å². The fourth-order valence-electron chi connectivity index (χ4n) is 4.84. The highest BCUT2D eigenvalue weighted by atomic mass is 16.2. The van der Waals surface area contributed by atoms with Crippen LogP contribution in [0.25, 0.3) is 5.52 Å². The first-order valence-electron chi connectivity index (χ1n) is 12.0. The number of hydrogen-bond acceptors (Lipinski definition) is 7. The van der Waals surface area contributed by atoms with Crippen LogP contribution in [0.1, 0.15) is 58.4 Å². The smallest absolute Gasteiger partial charge is 0.246 e. The van der Waals surface area contributed by atoms with Crippen LogP contribution in [0, 0.1) is 0 Å². The van der Waals surface area contributed by atoms with Crippen LogP contribution in [0.5, 0.6) is 0 Å². The second kappa shape index (κ2) is 9.01. The highest BCUT2D eigenvalue weighted by molar-refractivity contribution is 5.86. The molecule has 1 amide bonds. The van der Waals surface area contributed by atoms with Crippen LogP contribution in [0.15, 0.2) is 30.9 Å². The number of nitrogens with one attached hydrogen (secondary N) is 2. The summed E-state index contributed by atoms with van der Waals surface area (Å²) in [7, 11) is 0. The van der Waals surface area contributed by atoms with Crippen molar-refractivity contribution in [3.63, 3.8) is 0 Å². The van der Waals surface area contributed by atoms with E-state index in [-0.39, 0.29) is 24.0 Å². The maximum atomic E-state index is 13.2. The van der Waals surface area contributed by atoms with Crippen LogP contribution < -0.4 is 21.3 Å². The van der Waals surface area contributed by atoms with Gasteiger partial charge in [-0.1, -0.05) is 12.8 Å². The largest absolute Gasteiger partial charge is 0.350 e. The van der Waals surface area contributed by atoms with Crippen LogP contribution in [0.3, 0.4) is 0 Å². The van der Waals surface area contributed by atoms with Gasteiger partial charge in [-0.05, 0) is 51.7 Å². The average molecular weight is 452 g/mol. The number of fused-ring (bicyclic) bond motifs is 1. The summed E-state index contributed by atoms with van der Waals surface area (Å²) in [5, 5.41) is 11.3. The van der Waals surface area contributed by atoms with Gasteiger partial charge in [0.05, 0.1) is 6.33 Å². The molecule has 0 aromatic carbocycles. The monoisotopic (exact) mass is 451 g/mol. The molecule has 33 heavy (non-hydrogen) atoms. The van der Waals surface area contributed by atoms with E-state index in [1.807, 2.05) is 34.0 Å². The number of anilines is 3. The summed E-state index contributed by atoms with van der Waals surface area (Å²) in [5.41, 5.74) is 7.12. The van der Waals surface area contributed by atoms with Gasteiger partial charge >= 0.3 is 0 Å². The lowest BCUT2D eigenvalue weighted by molar-refractivity contribution is -0.123. The van der Waals surface area contributed by atoms with Gasteiger partial charge in [-0.2, -0.15) is 4.98 Å². The van der Waals surface area contributed by atoms with Gasteiger partial charge in [-0.25, -0.2) is 9.50 Å². The number of nitrogens with zero attached hydrogens (tertiary/aromatic N) is 6. The van der Waals surface area contributed by atoms with E-state index in [0.717, 1.165) is 56.4 Å². The lowest BCUT2D eigenvalue weighted by atomic mass is 9.91. The molecule has 176 valence electrons. The number of imidazole rings is 1. The van der Waals surface area contributed by atoms with Crippen LogP contribution in [0.4, 0.5) is 17.6 Å². The number of hydrogen-bond donors (Lipinski definition) is 3. The summed E-state index contributed by atoms with van der Waals surface area (Å²) in [5.74, 6) is 1.95. The topological polar surface area (TPSA) is 118 Å². The maximum Gasteiger partial charge on any atom is 0.246 e. The molecule has 1 saturated heterocycles. The van der Waals surface area contributed by atoms with E-state index >= 15 is 0 Å². The zero-order chi connectivity index (χ0) is 22.9. The molecule has 10 heteroatoms. The predicted molar refractivity (Wildman–Crippen MR) is 128 cm³/mol. The third-order valence-electron chi connectivity index (χ3n) is 6.78. The summed E-state index contributed by atoms with van der Waals surface area (Å²) in [4.78, 5) is 24.5. The van der Waals surface area contributed by atoms with Crippen molar-refractivity contribution >= 4 is 29.0 Å². The normalized spacial score (nSPS) is 23.4. The van der Waals surface area contributed by atoms with Gasteiger partial charge in [0, 0.05) is 37.1 Å². The molecule has 1 aliphatic heterocycles. The molecule has 0 spiro atoms. The molecule has 2 aliphatic rings. The molecule has 1 saturated carbocycles. The molecular formula is C23H33N9O. The van der Waals surface area contributed by atoms with E-state index in [2.05, 4.69) is 29.5 Å². The number of carbonyl (C=O) groups is 1. The zero-order valence-corrected chi connectivity index (χ0v) is 19.3. The van der Waals surface area contributed by atoms with E-state index in [1.54, 1.807) is 10.8 Å². The van der Waals surface area contributed by atoms with E-state index in [0.29, 0.717) is 17.8 Å². The van der Waals surface area contributed by atoms with Gasteiger partial charge in [-0.15, -0.1) is 5.10 Å². The van der Waals surface area contributed by atoms with Gasteiger partial charge in [0.15, 0.2) is 5.82 Å². The van der Waals surface area contributed by atoms with Crippen LogP contribution in [0.2, 0.25) is 0 Å². The summed E-state index contributed by atoms with van der Waals surface area (Å²) in [6, 6.07) is 4.01. The molecule has 3 aromatic heterocycles. The van der Waals surface area contributed by atoms with Crippen molar-refractivity contribution < 1.29 is 4.79 Å². The van der Waals surface area contributed by atoms with Gasteiger partial charge < -0.3 is 25.8 Å². The van der Waals surface area contributed by atoms with Crippen molar-refractivity contribution in [2.45, 2.75) is 76.5 Å². The molecule has 0 bridgehead atoms. The molecule has 10 nitrogen and oxygen atoms in total. The quantitative estimate of drug-likeness (QED) is 0.527. The van der Waals surface area contributed by atoms with Crippen molar-refractivity contribution in [1.82, 2.24) is 29.5 Å². The first-order valence-corrected chi connectivity index (χ1v) is 12.0. The van der Waals surface area contributed by atoms with E-state index in [4.69, 9.17) is 15.8 Å². The molecule has 1 aliphatic carbocycles. The highest BCUT2D eigenvalue weighted by Gasteiger charge is 2.35. The number of carbonyl (C=O) groups excluding carboxylic acids is 1. The van der Waals surface area contributed by atoms with Crippen LogP contribution >= 0.6 is 0 Å². The minimum absolute atomic E-state index is 0.0243. The Morgan fingerprint density at radius 1 is 1.21 bits per heavy atom. The molecule has 4 heterocycles. The lowest BCUT2D eigenvalue weighted by Gasteiger charge is -2.32. The molecule has 3 aromatic rings. The van der Waals surface area contributed by atoms with Crippen molar-refractivity contribution in [1.29, 1.82) is 0 Å². The third kappa shape index (κ3) is 4.39. The predicted octanol–water partition coefficient (Wildman–Crippen LogP) is 2.61.